The largest absolute Gasteiger partial charge is 0.491 e. The van der Waals surface area contributed by atoms with Gasteiger partial charge in [0, 0.05) is 38.6 Å². The first-order chi connectivity index (χ1) is 12.2. The van der Waals surface area contributed by atoms with E-state index >= 15 is 0 Å². The van der Waals surface area contributed by atoms with Gasteiger partial charge in [0.15, 0.2) is 0 Å². The number of hydrogen-bond acceptors (Lipinski definition) is 4. The van der Waals surface area contributed by atoms with Crippen molar-refractivity contribution in [1.29, 1.82) is 0 Å². The van der Waals surface area contributed by atoms with Crippen molar-refractivity contribution in [2.24, 2.45) is 5.92 Å². The van der Waals surface area contributed by atoms with Crippen molar-refractivity contribution in [3.63, 3.8) is 0 Å². The van der Waals surface area contributed by atoms with E-state index in [4.69, 9.17) is 9.84 Å². The van der Waals surface area contributed by atoms with Crippen LogP contribution >= 0.6 is 0 Å². The van der Waals surface area contributed by atoms with Gasteiger partial charge in [-0.05, 0) is 42.9 Å². The molecule has 138 valence electrons. The fourth-order valence-electron chi connectivity index (χ4n) is 4.26. The highest BCUT2D eigenvalue weighted by atomic mass is 16.5. The lowest BCUT2D eigenvalue weighted by atomic mass is 9.83. The minimum atomic E-state index is 0.0341. The van der Waals surface area contributed by atoms with Crippen LogP contribution in [0.3, 0.4) is 0 Å². The van der Waals surface area contributed by atoms with Crippen molar-refractivity contribution >= 4 is 5.91 Å². The molecule has 0 bridgehead atoms. The number of nitrogens with zero attached hydrogens (tertiary/aromatic N) is 2. The highest BCUT2D eigenvalue weighted by Crippen LogP contribution is 2.32. The molecular weight excluding hydrogens is 316 g/mol. The second-order valence-corrected chi connectivity index (χ2v) is 7.20. The Morgan fingerprint density at radius 3 is 3.00 bits per heavy atom. The van der Waals surface area contributed by atoms with Crippen LogP contribution in [0.1, 0.15) is 38.2 Å². The van der Waals surface area contributed by atoms with Crippen LogP contribution in [0.25, 0.3) is 0 Å². The Morgan fingerprint density at radius 2 is 2.20 bits per heavy atom. The fraction of sp³-hybridized carbons (Fsp3) is 0.650. The number of aliphatic hydroxyl groups is 1. The summed E-state index contributed by atoms with van der Waals surface area (Å²) in [5.74, 6) is 1.77. The molecule has 5 heteroatoms. The van der Waals surface area contributed by atoms with E-state index in [1.165, 1.54) is 5.56 Å². The summed E-state index contributed by atoms with van der Waals surface area (Å²) >= 11 is 0. The van der Waals surface area contributed by atoms with Crippen LogP contribution < -0.4 is 4.74 Å². The maximum Gasteiger partial charge on any atom is 0.222 e. The lowest BCUT2D eigenvalue weighted by Crippen LogP contribution is -2.55. The van der Waals surface area contributed by atoms with E-state index in [0.717, 1.165) is 51.2 Å². The second-order valence-electron chi connectivity index (χ2n) is 7.20. The van der Waals surface area contributed by atoms with Crippen molar-refractivity contribution in [2.45, 2.75) is 45.2 Å². The van der Waals surface area contributed by atoms with Crippen LogP contribution in [-0.4, -0.2) is 59.7 Å². The Bertz CT molecular complexity index is 578. The monoisotopic (exact) mass is 346 g/mol. The van der Waals surface area contributed by atoms with Crippen molar-refractivity contribution < 1.29 is 14.6 Å². The van der Waals surface area contributed by atoms with E-state index in [1.54, 1.807) is 0 Å². The highest BCUT2D eigenvalue weighted by molar-refractivity contribution is 5.77. The van der Waals surface area contributed by atoms with E-state index in [2.05, 4.69) is 28.9 Å². The van der Waals surface area contributed by atoms with Crippen molar-refractivity contribution in [3.8, 4) is 5.75 Å². The maximum absolute atomic E-state index is 12.2. The number of benzene rings is 1. The fourth-order valence-corrected chi connectivity index (χ4v) is 4.26. The molecular formula is C20H30N2O3. The summed E-state index contributed by atoms with van der Waals surface area (Å²) in [5, 5.41) is 8.89. The van der Waals surface area contributed by atoms with Gasteiger partial charge in [0.1, 0.15) is 12.4 Å². The third-order valence-corrected chi connectivity index (χ3v) is 5.36. The topological polar surface area (TPSA) is 53.0 Å². The minimum absolute atomic E-state index is 0.0341. The molecule has 1 aromatic carbocycles. The van der Waals surface area contributed by atoms with Gasteiger partial charge in [-0.25, -0.2) is 0 Å². The second kappa shape index (κ2) is 8.68. The standard InChI is InChI=1S/C20H30N2O3/c1-2-9-22-19-8-10-21(15-17(19)6-7-20(22)24)14-16-4-3-5-18(13-16)25-12-11-23/h3-5,13,17,19,23H,2,6-12,14-15H2,1H3/t17-,19+/m0/s1. The molecule has 0 unspecified atom stereocenters. The molecule has 1 amide bonds. The number of piperidine rings is 2. The number of carbonyl (C=O) groups excluding carboxylic acids is 1. The molecule has 2 aliphatic heterocycles. The van der Waals surface area contributed by atoms with Gasteiger partial charge in [0.05, 0.1) is 6.61 Å². The predicted octanol–water partition coefficient (Wildman–Crippen LogP) is 2.28. The summed E-state index contributed by atoms with van der Waals surface area (Å²) in [7, 11) is 0. The number of fused-ring (bicyclic) bond motifs is 1. The van der Waals surface area contributed by atoms with Crippen LogP contribution in [0, 0.1) is 5.92 Å². The first-order valence-electron chi connectivity index (χ1n) is 9.55. The van der Waals surface area contributed by atoms with Gasteiger partial charge in [0.2, 0.25) is 5.91 Å². The lowest BCUT2D eigenvalue weighted by Gasteiger charge is -2.47. The molecule has 0 spiro atoms. The summed E-state index contributed by atoms with van der Waals surface area (Å²) in [4.78, 5) is 16.9. The van der Waals surface area contributed by atoms with Gasteiger partial charge in [-0.1, -0.05) is 19.1 Å². The Kier molecular flexibility index (Phi) is 6.32. The van der Waals surface area contributed by atoms with E-state index in [-0.39, 0.29) is 6.61 Å². The summed E-state index contributed by atoms with van der Waals surface area (Å²) in [5.41, 5.74) is 1.24. The SMILES string of the molecule is CCCN1C(=O)CC[C@H]2CN(Cc3cccc(OCCO)c3)CC[C@H]21. The van der Waals surface area contributed by atoms with Crippen LogP contribution in [0.5, 0.6) is 5.75 Å². The zero-order valence-corrected chi connectivity index (χ0v) is 15.2. The number of aliphatic hydroxyl groups excluding tert-OH is 1. The minimum Gasteiger partial charge on any atom is -0.491 e. The number of rotatable bonds is 7. The van der Waals surface area contributed by atoms with Crippen molar-refractivity contribution in [2.75, 3.05) is 32.8 Å². The van der Waals surface area contributed by atoms with E-state index in [9.17, 15) is 4.79 Å². The van der Waals surface area contributed by atoms with E-state index in [0.29, 0.717) is 30.9 Å². The number of ether oxygens (including phenoxy) is 1. The highest BCUT2D eigenvalue weighted by Gasteiger charge is 2.38. The molecule has 5 nitrogen and oxygen atoms in total. The average Bonchev–Trinajstić information content (AvgIpc) is 2.63. The predicted molar refractivity (Wildman–Crippen MR) is 97.4 cm³/mol. The molecule has 3 rings (SSSR count). The smallest absolute Gasteiger partial charge is 0.222 e. The number of hydrogen-bond donors (Lipinski definition) is 1. The molecule has 25 heavy (non-hydrogen) atoms. The van der Waals surface area contributed by atoms with Gasteiger partial charge in [-0.2, -0.15) is 0 Å². The van der Waals surface area contributed by atoms with Gasteiger partial charge < -0.3 is 14.7 Å². The lowest BCUT2D eigenvalue weighted by molar-refractivity contribution is -0.141. The molecule has 0 radical (unpaired) electrons. The van der Waals surface area contributed by atoms with Crippen molar-refractivity contribution in [3.05, 3.63) is 29.8 Å². The number of carbonyl (C=O) groups is 1. The average molecular weight is 346 g/mol. The quantitative estimate of drug-likeness (QED) is 0.823. The van der Waals surface area contributed by atoms with Gasteiger partial charge in [0.25, 0.3) is 0 Å². The molecule has 2 atom stereocenters. The summed E-state index contributed by atoms with van der Waals surface area (Å²) < 4.78 is 5.51. The molecule has 2 heterocycles. The van der Waals surface area contributed by atoms with Crippen LogP contribution in [0.2, 0.25) is 0 Å². The molecule has 1 N–H and O–H groups in total. The Hall–Kier alpha value is -1.59. The molecule has 0 aromatic heterocycles. The van der Waals surface area contributed by atoms with Gasteiger partial charge in [-0.3, -0.25) is 9.69 Å². The van der Waals surface area contributed by atoms with Gasteiger partial charge >= 0.3 is 0 Å². The van der Waals surface area contributed by atoms with Crippen LogP contribution in [0.15, 0.2) is 24.3 Å². The van der Waals surface area contributed by atoms with E-state index < -0.39 is 0 Å². The third-order valence-electron chi connectivity index (χ3n) is 5.36. The zero-order chi connectivity index (χ0) is 17.6. The summed E-state index contributed by atoms with van der Waals surface area (Å²) in [6.07, 6.45) is 3.86. The third kappa shape index (κ3) is 4.53. The number of likely N-dealkylation sites (tertiary alicyclic amines) is 2. The van der Waals surface area contributed by atoms with Gasteiger partial charge in [-0.15, -0.1) is 0 Å². The molecule has 2 fully saturated rings. The maximum atomic E-state index is 12.2. The van der Waals surface area contributed by atoms with Crippen LogP contribution in [-0.2, 0) is 11.3 Å². The first kappa shape index (κ1) is 18.2. The van der Waals surface area contributed by atoms with Crippen molar-refractivity contribution in [1.82, 2.24) is 9.80 Å². The molecule has 1 aromatic rings. The summed E-state index contributed by atoms with van der Waals surface area (Å²) in [6, 6.07) is 8.58. The molecule has 0 saturated carbocycles. The summed E-state index contributed by atoms with van der Waals surface area (Å²) in [6.45, 7) is 6.45. The Balaban J connectivity index is 1.59. The molecule has 0 aliphatic carbocycles. The zero-order valence-electron chi connectivity index (χ0n) is 15.2. The number of amides is 1. The molecule has 2 aliphatic rings. The normalized spacial score (nSPS) is 24.2. The van der Waals surface area contributed by atoms with E-state index in [1.807, 2.05) is 12.1 Å². The molecule has 2 saturated heterocycles. The first-order valence-corrected chi connectivity index (χ1v) is 9.55. The van der Waals surface area contributed by atoms with Crippen LogP contribution in [0.4, 0.5) is 0 Å². The Labute approximate surface area is 150 Å². The Morgan fingerprint density at radius 1 is 1.32 bits per heavy atom.